The average molecular weight is 440 g/mol. The number of fused-ring (bicyclic) bond motifs is 1. The van der Waals surface area contributed by atoms with Crippen molar-refractivity contribution in [2.45, 2.75) is 6.92 Å². The smallest absolute Gasteiger partial charge is 0.264 e. The molecule has 2 N–H and O–H groups in total. The zero-order chi connectivity index (χ0) is 21.3. The highest BCUT2D eigenvalue weighted by Gasteiger charge is 2.39. The second-order valence-electron chi connectivity index (χ2n) is 6.46. The molecule has 4 rings (SSSR count). The van der Waals surface area contributed by atoms with E-state index >= 15 is 0 Å². The topological polar surface area (TPSA) is 87.7 Å². The van der Waals surface area contributed by atoms with Gasteiger partial charge in [0.15, 0.2) is 0 Å². The molecule has 2 heterocycles. The number of carbonyl (C=O) groups is 3. The van der Waals surface area contributed by atoms with Gasteiger partial charge in [-0.1, -0.05) is 42.2 Å². The van der Waals surface area contributed by atoms with Gasteiger partial charge in [0.25, 0.3) is 11.8 Å². The maximum absolute atomic E-state index is 13.1. The first-order chi connectivity index (χ1) is 14.5. The summed E-state index contributed by atoms with van der Waals surface area (Å²) in [5.74, 6) is -0.447. The third-order valence-electron chi connectivity index (χ3n) is 4.52. The van der Waals surface area contributed by atoms with E-state index in [9.17, 15) is 14.4 Å². The molecule has 2 aromatic rings. The molecule has 0 unspecified atom stereocenters. The minimum atomic E-state index is -0.402. The van der Waals surface area contributed by atoms with Crippen LogP contribution in [0.5, 0.6) is 5.75 Å². The maximum atomic E-state index is 13.1. The molecule has 0 radical (unpaired) electrons. The van der Waals surface area contributed by atoms with Crippen LogP contribution in [0.15, 0.2) is 53.4 Å². The summed E-state index contributed by atoms with van der Waals surface area (Å²) in [7, 11) is 0. The van der Waals surface area contributed by atoms with Crippen molar-refractivity contribution in [2.75, 3.05) is 23.4 Å². The lowest BCUT2D eigenvalue weighted by Crippen LogP contribution is -2.35. The molecular formula is C21H17N3O4S2. The summed E-state index contributed by atoms with van der Waals surface area (Å²) in [5.41, 5.74) is 2.05. The minimum absolute atomic E-state index is 0.184. The van der Waals surface area contributed by atoms with E-state index in [-0.39, 0.29) is 22.9 Å². The number of ether oxygens (including phenoxy) is 1. The molecule has 0 aromatic heterocycles. The lowest BCUT2D eigenvalue weighted by Gasteiger charge is -2.17. The van der Waals surface area contributed by atoms with E-state index < -0.39 is 11.8 Å². The van der Waals surface area contributed by atoms with Crippen molar-refractivity contribution < 1.29 is 19.1 Å². The predicted octanol–water partition coefficient (Wildman–Crippen LogP) is 2.93. The molecule has 0 aliphatic carbocycles. The summed E-state index contributed by atoms with van der Waals surface area (Å²) in [6.45, 7) is 2.27. The van der Waals surface area contributed by atoms with Crippen molar-refractivity contribution in [3.05, 3.63) is 59.0 Å². The fourth-order valence-electron chi connectivity index (χ4n) is 3.28. The Balaban J connectivity index is 1.57. The Morgan fingerprint density at radius 3 is 2.57 bits per heavy atom. The van der Waals surface area contributed by atoms with E-state index in [4.69, 9.17) is 17.0 Å². The van der Waals surface area contributed by atoms with Crippen molar-refractivity contribution >= 4 is 63.0 Å². The van der Waals surface area contributed by atoms with Gasteiger partial charge < -0.3 is 15.4 Å². The largest absolute Gasteiger partial charge is 0.494 e. The molecule has 1 saturated heterocycles. The highest BCUT2D eigenvalue weighted by molar-refractivity contribution is 8.27. The van der Waals surface area contributed by atoms with Gasteiger partial charge in [0.1, 0.15) is 16.6 Å². The second-order valence-corrected chi connectivity index (χ2v) is 8.15. The number of thiocarbonyl (C=S) groups is 1. The average Bonchev–Trinajstić information content (AvgIpc) is 3.19. The van der Waals surface area contributed by atoms with E-state index in [0.29, 0.717) is 33.6 Å². The van der Waals surface area contributed by atoms with Crippen LogP contribution in [-0.2, 0) is 14.4 Å². The monoisotopic (exact) mass is 439 g/mol. The fourth-order valence-corrected chi connectivity index (χ4v) is 4.40. The number of hydrogen-bond donors (Lipinski definition) is 2. The van der Waals surface area contributed by atoms with Crippen molar-refractivity contribution in [3.63, 3.8) is 0 Å². The quantitative estimate of drug-likeness (QED) is 0.550. The SMILES string of the molecule is CCOc1ccc(NC(=O)CN2C(=O)/C(=C3\SC(=S)NC3=O)c3ccccc32)cc1. The van der Waals surface area contributed by atoms with Crippen LogP contribution in [0.3, 0.4) is 0 Å². The molecule has 2 aliphatic heterocycles. The predicted molar refractivity (Wildman–Crippen MR) is 120 cm³/mol. The van der Waals surface area contributed by atoms with Crippen LogP contribution in [-0.4, -0.2) is 35.2 Å². The van der Waals surface area contributed by atoms with Gasteiger partial charge in [-0.2, -0.15) is 0 Å². The number of nitrogens with zero attached hydrogens (tertiary/aromatic N) is 1. The third-order valence-corrected chi connectivity index (χ3v) is 5.75. The molecule has 152 valence electrons. The highest BCUT2D eigenvalue weighted by atomic mass is 32.2. The van der Waals surface area contributed by atoms with Crippen molar-refractivity contribution in [1.82, 2.24) is 5.32 Å². The first-order valence-electron chi connectivity index (χ1n) is 9.19. The zero-order valence-corrected chi connectivity index (χ0v) is 17.6. The first kappa shape index (κ1) is 20.1. The van der Waals surface area contributed by atoms with Gasteiger partial charge in [-0.3, -0.25) is 19.3 Å². The number of amides is 3. The number of thioether (sulfide) groups is 1. The van der Waals surface area contributed by atoms with Gasteiger partial charge in [0.2, 0.25) is 5.91 Å². The molecular weight excluding hydrogens is 422 g/mol. The van der Waals surface area contributed by atoms with Crippen LogP contribution < -0.4 is 20.3 Å². The fraction of sp³-hybridized carbons (Fsp3) is 0.143. The third kappa shape index (κ3) is 3.81. The van der Waals surface area contributed by atoms with Gasteiger partial charge in [-0.05, 0) is 37.3 Å². The van der Waals surface area contributed by atoms with Crippen LogP contribution in [0, 0.1) is 0 Å². The molecule has 7 nitrogen and oxygen atoms in total. The minimum Gasteiger partial charge on any atom is -0.494 e. The van der Waals surface area contributed by atoms with Crippen LogP contribution in [0.1, 0.15) is 12.5 Å². The van der Waals surface area contributed by atoms with Crippen LogP contribution in [0.4, 0.5) is 11.4 Å². The van der Waals surface area contributed by atoms with Gasteiger partial charge in [0, 0.05) is 11.3 Å². The molecule has 0 bridgehead atoms. The highest BCUT2D eigenvalue weighted by Crippen LogP contribution is 2.42. The molecule has 9 heteroatoms. The summed E-state index contributed by atoms with van der Waals surface area (Å²) in [6, 6.07) is 14.1. The number of nitrogens with one attached hydrogen (secondary N) is 2. The van der Waals surface area contributed by atoms with Gasteiger partial charge in [-0.15, -0.1) is 0 Å². The summed E-state index contributed by atoms with van der Waals surface area (Å²) < 4.78 is 5.69. The number of anilines is 2. The van der Waals surface area contributed by atoms with E-state index in [1.54, 1.807) is 48.5 Å². The van der Waals surface area contributed by atoms with E-state index in [1.807, 2.05) is 6.92 Å². The van der Waals surface area contributed by atoms with Crippen LogP contribution >= 0.6 is 24.0 Å². The standard InChI is InChI=1S/C21H17N3O4S2/c1-2-28-13-9-7-12(8-10-13)22-16(25)11-24-15-6-4-3-5-14(15)17(20(24)27)18-19(26)23-21(29)30-18/h3-10H,2,11H2,1H3,(H,22,25)(H,23,26,29)/b18-17-. The first-order valence-corrected chi connectivity index (χ1v) is 10.4. The summed E-state index contributed by atoms with van der Waals surface area (Å²) in [6.07, 6.45) is 0. The van der Waals surface area contributed by atoms with Gasteiger partial charge in [-0.25, -0.2) is 0 Å². The Kier molecular flexibility index (Phi) is 5.56. The number of benzene rings is 2. The molecule has 1 fully saturated rings. The maximum Gasteiger partial charge on any atom is 0.264 e. The van der Waals surface area contributed by atoms with Crippen molar-refractivity contribution in [3.8, 4) is 5.75 Å². The number of carbonyl (C=O) groups excluding carboxylic acids is 3. The van der Waals surface area contributed by atoms with Gasteiger partial charge in [0.05, 0.1) is 22.8 Å². The Morgan fingerprint density at radius 2 is 1.90 bits per heavy atom. The Labute approximate surface area is 182 Å². The summed E-state index contributed by atoms with van der Waals surface area (Å²) in [4.78, 5) is 39.6. The summed E-state index contributed by atoms with van der Waals surface area (Å²) in [5, 5.41) is 5.31. The van der Waals surface area contributed by atoms with E-state index in [0.717, 1.165) is 11.8 Å². The zero-order valence-electron chi connectivity index (χ0n) is 15.9. The second kappa shape index (κ2) is 8.29. The number of para-hydroxylation sites is 1. The summed E-state index contributed by atoms with van der Waals surface area (Å²) >= 11 is 6.10. The lowest BCUT2D eigenvalue weighted by molar-refractivity contribution is -0.118. The Bertz CT molecular complexity index is 1100. The molecule has 2 aliphatic rings. The normalized spacial score (nSPS) is 17.8. The molecule has 2 aromatic carbocycles. The van der Waals surface area contributed by atoms with E-state index in [2.05, 4.69) is 10.6 Å². The lowest BCUT2D eigenvalue weighted by atomic mass is 10.1. The van der Waals surface area contributed by atoms with Crippen molar-refractivity contribution in [2.24, 2.45) is 0 Å². The Hall–Kier alpha value is -3.17. The molecule has 30 heavy (non-hydrogen) atoms. The van der Waals surface area contributed by atoms with Crippen LogP contribution in [0.2, 0.25) is 0 Å². The Morgan fingerprint density at radius 1 is 1.17 bits per heavy atom. The molecule has 0 spiro atoms. The van der Waals surface area contributed by atoms with Crippen LogP contribution in [0.25, 0.3) is 5.57 Å². The molecule has 0 atom stereocenters. The number of rotatable bonds is 5. The number of hydrogen-bond acceptors (Lipinski definition) is 6. The van der Waals surface area contributed by atoms with Crippen molar-refractivity contribution in [1.29, 1.82) is 0 Å². The van der Waals surface area contributed by atoms with Gasteiger partial charge >= 0.3 is 0 Å². The van der Waals surface area contributed by atoms with E-state index in [1.165, 1.54) is 4.90 Å². The molecule has 3 amide bonds. The molecule has 0 saturated carbocycles.